The Balaban J connectivity index is 2.56. The molecule has 1 amide bonds. The maximum atomic E-state index is 11.5. The maximum absolute atomic E-state index is 11.5. The molecule has 0 spiro atoms. The summed E-state index contributed by atoms with van der Waals surface area (Å²) < 4.78 is 0. The monoisotopic (exact) mass is 227 g/mol. The topological polar surface area (TPSA) is 66.4 Å². The quantitative estimate of drug-likeness (QED) is 0.820. The number of rotatable bonds is 4. The standard InChI is InChI=1S/C10H13NO3S/c1-6(10(13)14)7(2)11-9(12)8-3-4-15-5-8/h3-7H,1-2H3,(H,11,12)(H,13,14). The number of carboxylic acids is 1. The van der Waals surface area contributed by atoms with Gasteiger partial charge in [0.15, 0.2) is 0 Å². The van der Waals surface area contributed by atoms with E-state index in [0.717, 1.165) is 0 Å². The minimum absolute atomic E-state index is 0.225. The lowest BCUT2D eigenvalue weighted by Crippen LogP contribution is -2.39. The number of carbonyl (C=O) groups is 2. The van der Waals surface area contributed by atoms with E-state index in [9.17, 15) is 9.59 Å². The molecule has 0 radical (unpaired) electrons. The molecule has 1 aromatic heterocycles. The molecule has 0 aromatic carbocycles. The normalized spacial score (nSPS) is 14.3. The van der Waals surface area contributed by atoms with Gasteiger partial charge < -0.3 is 10.4 Å². The van der Waals surface area contributed by atoms with Crippen molar-refractivity contribution in [2.24, 2.45) is 5.92 Å². The van der Waals surface area contributed by atoms with Crippen molar-refractivity contribution in [1.29, 1.82) is 0 Å². The van der Waals surface area contributed by atoms with E-state index in [1.165, 1.54) is 11.3 Å². The molecule has 0 aliphatic carbocycles. The largest absolute Gasteiger partial charge is 0.481 e. The van der Waals surface area contributed by atoms with E-state index < -0.39 is 11.9 Å². The fraction of sp³-hybridized carbons (Fsp3) is 0.400. The Morgan fingerprint density at radius 1 is 1.47 bits per heavy atom. The van der Waals surface area contributed by atoms with E-state index in [1.54, 1.807) is 30.7 Å². The van der Waals surface area contributed by atoms with Crippen molar-refractivity contribution >= 4 is 23.2 Å². The average Bonchev–Trinajstić information content (AvgIpc) is 2.68. The number of carboxylic acid groups (broad SMARTS) is 1. The van der Waals surface area contributed by atoms with Gasteiger partial charge >= 0.3 is 5.97 Å². The van der Waals surface area contributed by atoms with Crippen molar-refractivity contribution in [1.82, 2.24) is 5.32 Å². The zero-order valence-corrected chi connectivity index (χ0v) is 9.38. The molecule has 0 saturated heterocycles. The van der Waals surface area contributed by atoms with Crippen LogP contribution in [-0.4, -0.2) is 23.0 Å². The minimum atomic E-state index is -0.909. The van der Waals surface area contributed by atoms with Crippen molar-refractivity contribution in [3.63, 3.8) is 0 Å². The molecule has 5 heteroatoms. The summed E-state index contributed by atoms with van der Waals surface area (Å²) >= 11 is 1.43. The number of carbonyl (C=O) groups excluding carboxylic acids is 1. The lowest BCUT2D eigenvalue weighted by molar-refractivity contribution is -0.141. The maximum Gasteiger partial charge on any atom is 0.308 e. The summed E-state index contributed by atoms with van der Waals surface area (Å²) in [5, 5.41) is 14.9. The SMILES string of the molecule is CC(NC(=O)c1ccsc1)C(C)C(=O)O. The van der Waals surface area contributed by atoms with Gasteiger partial charge in [0.2, 0.25) is 0 Å². The molecule has 2 atom stereocenters. The van der Waals surface area contributed by atoms with Crippen LogP contribution < -0.4 is 5.32 Å². The fourth-order valence-corrected chi connectivity index (χ4v) is 1.66. The molecule has 0 saturated carbocycles. The molecule has 2 unspecified atom stereocenters. The van der Waals surface area contributed by atoms with Gasteiger partial charge in [-0.25, -0.2) is 0 Å². The van der Waals surface area contributed by atoms with Gasteiger partial charge in [-0.05, 0) is 25.3 Å². The van der Waals surface area contributed by atoms with Crippen molar-refractivity contribution in [3.8, 4) is 0 Å². The summed E-state index contributed by atoms with van der Waals surface area (Å²) in [5.74, 6) is -1.72. The predicted octanol–water partition coefficient (Wildman–Crippen LogP) is 1.59. The van der Waals surface area contributed by atoms with Crippen LogP contribution >= 0.6 is 11.3 Å². The lowest BCUT2D eigenvalue weighted by atomic mass is 10.0. The minimum Gasteiger partial charge on any atom is -0.481 e. The second-order valence-electron chi connectivity index (χ2n) is 3.40. The highest BCUT2D eigenvalue weighted by molar-refractivity contribution is 7.08. The Bertz CT molecular complexity index is 348. The molecule has 1 rings (SSSR count). The van der Waals surface area contributed by atoms with E-state index in [2.05, 4.69) is 5.32 Å². The third kappa shape index (κ3) is 3.06. The van der Waals surface area contributed by atoms with E-state index in [1.807, 2.05) is 0 Å². The van der Waals surface area contributed by atoms with Gasteiger partial charge in [-0.1, -0.05) is 0 Å². The van der Waals surface area contributed by atoms with E-state index in [4.69, 9.17) is 5.11 Å². The first-order valence-corrected chi connectivity index (χ1v) is 5.52. The van der Waals surface area contributed by atoms with Crippen LogP contribution in [0.15, 0.2) is 16.8 Å². The smallest absolute Gasteiger partial charge is 0.308 e. The average molecular weight is 227 g/mol. The molecule has 1 heterocycles. The summed E-state index contributed by atoms with van der Waals surface area (Å²) in [7, 11) is 0. The van der Waals surface area contributed by atoms with Crippen molar-refractivity contribution in [2.75, 3.05) is 0 Å². The second-order valence-corrected chi connectivity index (χ2v) is 4.18. The second kappa shape index (κ2) is 4.93. The molecule has 0 aliphatic heterocycles. The Kier molecular flexibility index (Phi) is 3.85. The van der Waals surface area contributed by atoms with Crippen molar-refractivity contribution < 1.29 is 14.7 Å². The summed E-state index contributed by atoms with van der Waals surface area (Å²) in [5.41, 5.74) is 0.574. The summed E-state index contributed by atoms with van der Waals surface area (Å²) in [4.78, 5) is 22.2. The number of hydrogen-bond donors (Lipinski definition) is 2. The number of thiophene rings is 1. The van der Waals surface area contributed by atoms with E-state index in [-0.39, 0.29) is 11.9 Å². The van der Waals surface area contributed by atoms with E-state index in [0.29, 0.717) is 5.56 Å². The van der Waals surface area contributed by atoms with Crippen LogP contribution in [0.4, 0.5) is 0 Å². The third-order valence-corrected chi connectivity index (χ3v) is 2.96. The van der Waals surface area contributed by atoms with Gasteiger partial charge in [-0.2, -0.15) is 11.3 Å². The first kappa shape index (κ1) is 11.7. The van der Waals surface area contributed by atoms with Crippen LogP contribution in [0, 0.1) is 5.92 Å². The Labute approximate surface area is 91.9 Å². The summed E-state index contributed by atoms with van der Waals surface area (Å²) in [6.45, 7) is 3.25. The van der Waals surface area contributed by atoms with Gasteiger partial charge in [0.1, 0.15) is 0 Å². The van der Waals surface area contributed by atoms with Crippen LogP contribution in [-0.2, 0) is 4.79 Å². The van der Waals surface area contributed by atoms with Gasteiger partial charge in [0, 0.05) is 17.0 Å². The Morgan fingerprint density at radius 3 is 2.60 bits per heavy atom. The summed E-state index contributed by atoms with van der Waals surface area (Å²) in [6, 6.07) is 1.33. The van der Waals surface area contributed by atoms with Crippen LogP contribution in [0.1, 0.15) is 24.2 Å². The lowest BCUT2D eigenvalue weighted by Gasteiger charge is -2.17. The highest BCUT2D eigenvalue weighted by Crippen LogP contribution is 2.08. The van der Waals surface area contributed by atoms with Crippen LogP contribution in [0.3, 0.4) is 0 Å². The zero-order valence-electron chi connectivity index (χ0n) is 8.56. The summed E-state index contributed by atoms with van der Waals surface area (Å²) in [6.07, 6.45) is 0. The molecular formula is C10H13NO3S. The van der Waals surface area contributed by atoms with E-state index >= 15 is 0 Å². The molecule has 4 nitrogen and oxygen atoms in total. The van der Waals surface area contributed by atoms with Crippen LogP contribution in [0.25, 0.3) is 0 Å². The molecule has 1 aromatic rings. The number of aliphatic carboxylic acids is 1. The molecule has 15 heavy (non-hydrogen) atoms. The van der Waals surface area contributed by atoms with Crippen molar-refractivity contribution in [3.05, 3.63) is 22.4 Å². The first-order valence-electron chi connectivity index (χ1n) is 4.58. The first-order chi connectivity index (χ1) is 7.02. The fourth-order valence-electron chi connectivity index (χ4n) is 1.02. The molecule has 0 aliphatic rings. The number of amides is 1. The zero-order chi connectivity index (χ0) is 11.4. The van der Waals surface area contributed by atoms with Gasteiger partial charge in [-0.15, -0.1) is 0 Å². The highest BCUT2D eigenvalue weighted by Gasteiger charge is 2.21. The van der Waals surface area contributed by atoms with Crippen LogP contribution in [0.5, 0.6) is 0 Å². The predicted molar refractivity (Wildman–Crippen MR) is 58.0 cm³/mol. The van der Waals surface area contributed by atoms with Crippen LogP contribution in [0.2, 0.25) is 0 Å². The molecular weight excluding hydrogens is 214 g/mol. The third-order valence-electron chi connectivity index (χ3n) is 2.28. The van der Waals surface area contributed by atoms with Gasteiger partial charge in [0.05, 0.1) is 5.92 Å². The molecule has 2 N–H and O–H groups in total. The van der Waals surface area contributed by atoms with Gasteiger partial charge in [-0.3, -0.25) is 9.59 Å². The highest BCUT2D eigenvalue weighted by atomic mass is 32.1. The molecule has 0 fully saturated rings. The Morgan fingerprint density at radius 2 is 2.13 bits per heavy atom. The van der Waals surface area contributed by atoms with Gasteiger partial charge in [0.25, 0.3) is 5.91 Å². The number of nitrogens with one attached hydrogen (secondary N) is 1. The molecule has 82 valence electrons. The molecule has 0 bridgehead atoms. The Hall–Kier alpha value is -1.36. The number of hydrogen-bond acceptors (Lipinski definition) is 3. The van der Waals surface area contributed by atoms with Crippen molar-refractivity contribution in [2.45, 2.75) is 19.9 Å².